The summed E-state index contributed by atoms with van der Waals surface area (Å²) < 4.78 is 52.5. The van der Waals surface area contributed by atoms with E-state index in [9.17, 15) is 17.2 Å². The monoisotopic (exact) mass is 290 g/mol. The molecular weight excluding hydrogens is 274 g/mol. The van der Waals surface area contributed by atoms with Gasteiger partial charge in [-0.15, -0.1) is 0 Å². The maximum atomic E-state index is 13.6. The van der Waals surface area contributed by atoms with Crippen molar-refractivity contribution in [1.29, 1.82) is 0 Å². The summed E-state index contributed by atoms with van der Waals surface area (Å²) in [6.07, 6.45) is 0.769. The van der Waals surface area contributed by atoms with Gasteiger partial charge in [-0.25, -0.2) is 17.2 Å². The number of hydrogen-bond acceptors (Lipinski definition) is 3. The lowest BCUT2D eigenvalue weighted by atomic mass is 9.99. The Balaban J connectivity index is 2.44. The quantitative estimate of drug-likeness (QED) is 0.901. The molecule has 7 heteroatoms. The van der Waals surface area contributed by atoms with Crippen molar-refractivity contribution in [3.8, 4) is 0 Å². The van der Waals surface area contributed by atoms with Crippen LogP contribution in [0, 0.1) is 17.6 Å². The van der Waals surface area contributed by atoms with Crippen LogP contribution in [-0.4, -0.2) is 25.4 Å². The summed E-state index contributed by atoms with van der Waals surface area (Å²) in [4.78, 5) is -0.656. The number of halogens is 2. The number of rotatable bonds is 2. The Hall–Kier alpha value is -1.05. The maximum absolute atomic E-state index is 13.6. The lowest BCUT2D eigenvalue weighted by molar-refractivity contribution is 0.191. The first kappa shape index (κ1) is 14.4. The van der Waals surface area contributed by atoms with Gasteiger partial charge in [0.05, 0.1) is 6.17 Å². The van der Waals surface area contributed by atoms with Crippen LogP contribution in [0.5, 0.6) is 0 Å². The zero-order valence-electron chi connectivity index (χ0n) is 10.5. The zero-order chi connectivity index (χ0) is 14.2. The highest BCUT2D eigenvalue weighted by Crippen LogP contribution is 2.28. The van der Waals surface area contributed by atoms with Crippen molar-refractivity contribution in [2.45, 2.75) is 30.8 Å². The smallest absolute Gasteiger partial charge is 0.247 e. The van der Waals surface area contributed by atoms with Crippen molar-refractivity contribution in [2.24, 2.45) is 11.7 Å². The molecule has 1 aliphatic heterocycles. The molecule has 1 aliphatic rings. The third-order valence-corrected chi connectivity index (χ3v) is 5.35. The van der Waals surface area contributed by atoms with E-state index in [1.807, 2.05) is 6.92 Å². The highest BCUT2D eigenvalue weighted by molar-refractivity contribution is 7.89. The Morgan fingerprint density at radius 3 is 2.74 bits per heavy atom. The highest BCUT2D eigenvalue weighted by Gasteiger charge is 2.36. The SMILES string of the molecule is CC1CCCN(S(=O)(=O)c2cc(F)ccc2F)C1N. The molecule has 19 heavy (non-hydrogen) atoms. The van der Waals surface area contributed by atoms with Gasteiger partial charge >= 0.3 is 0 Å². The van der Waals surface area contributed by atoms with Crippen molar-refractivity contribution < 1.29 is 17.2 Å². The number of sulfonamides is 1. The minimum Gasteiger partial charge on any atom is -0.315 e. The van der Waals surface area contributed by atoms with E-state index in [0.29, 0.717) is 12.5 Å². The summed E-state index contributed by atoms with van der Waals surface area (Å²) in [7, 11) is -4.10. The van der Waals surface area contributed by atoms with Crippen LogP contribution in [0.3, 0.4) is 0 Å². The van der Waals surface area contributed by atoms with Crippen LogP contribution in [0.15, 0.2) is 23.1 Å². The predicted molar refractivity (Wildman–Crippen MR) is 66.6 cm³/mol. The first-order valence-corrected chi connectivity index (χ1v) is 7.50. The largest absolute Gasteiger partial charge is 0.315 e. The van der Waals surface area contributed by atoms with Gasteiger partial charge in [0.25, 0.3) is 0 Å². The van der Waals surface area contributed by atoms with Crippen LogP contribution in [0.2, 0.25) is 0 Å². The first-order chi connectivity index (χ1) is 8.84. The van der Waals surface area contributed by atoms with Crippen molar-refractivity contribution in [1.82, 2.24) is 4.31 Å². The van der Waals surface area contributed by atoms with Crippen LogP contribution in [0.25, 0.3) is 0 Å². The minimum absolute atomic E-state index is 0.0138. The lowest BCUT2D eigenvalue weighted by Crippen LogP contribution is -2.52. The fraction of sp³-hybridized carbons (Fsp3) is 0.500. The van der Waals surface area contributed by atoms with Crippen LogP contribution in [0.1, 0.15) is 19.8 Å². The average molecular weight is 290 g/mol. The van der Waals surface area contributed by atoms with Crippen molar-refractivity contribution in [3.05, 3.63) is 29.8 Å². The Bertz CT molecular complexity index is 577. The second-order valence-corrected chi connectivity index (χ2v) is 6.66. The van der Waals surface area contributed by atoms with E-state index < -0.39 is 32.7 Å². The summed E-state index contributed by atoms with van der Waals surface area (Å²) >= 11 is 0. The van der Waals surface area contributed by atoms with E-state index in [-0.39, 0.29) is 12.5 Å². The van der Waals surface area contributed by atoms with Gasteiger partial charge in [-0.1, -0.05) is 6.92 Å². The molecule has 0 spiro atoms. The van der Waals surface area contributed by atoms with Crippen LogP contribution >= 0.6 is 0 Å². The molecule has 1 aromatic rings. The molecule has 106 valence electrons. The van der Waals surface area contributed by atoms with E-state index in [1.54, 1.807) is 0 Å². The number of piperidine rings is 1. The van der Waals surface area contributed by atoms with E-state index in [0.717, 1.165) is 22.9 Å². The molecule has 0 aliphatic carbocycles. The molecule has 1 aromatic carbocycles. The van der Waals surface area contributed by atoms with Gasteiger partial charge in [0, 0.05) is 6.54 Å². The second-order valence-electron chi connectivity index (χ2n) is 4.80. The Morgan fingerprint density at radius 1 is 1.37 bits per heavy atom. The normalized spacial score (nSPS) is 25.5. The molecule has 2 rings (SSSR count). The molecule has 1 heterocycles. The molecule has 0 radical (unpaired) electrons. The average Bonchev–Trinajstić information content (AvgIpc) is 2.35. The molecule has 2 unspecified atom stereocenters. The topological polar surface area (TPSA) is 63.4 Å². The molecule has 1 saturated heterocycles. The zero-order valence-corrected chi connectivity index (χ0v) is 11.3. The van der Waals surface area contributed by atoms with E-state index >= 15 is 0 Å². The van der Waals surface area contributed by atoms with E-state index in [1.165, 1.54) is 0 Å². The third-order valence-electron chi connectivity index (χ3n) is 3.43. The number of nitrogens with two attached hydrogens (primary N) is 1. The molecule has 0 amide bonds. The maximum Gasteiger partial charge on any atom is 0.247 e. The summed E-state index contributed by atoms with van der Waals surface area (Å²) in [6.45, 7) is 2.07. The molecule has 0 saturated carbocycles. The van der Waals surface area contributed by atoms with Crippen molar-refractivity contribution in [3.63, 3.8) is 0 Å². The van der Waals surface area contributed by atoms with Gasteiger partial charge in [-0.05, 0) is 37.0 Å². The molecule has 4 nitrogen and oxygen atoms in total. The van der Waals surface area contributed by atoms with Crippen LogP contribution < -0.4 is 5.73 Å². The van der Waals surface area contributed by atoms with E-state index in [4.69, 9.17) is 5.73 Å². The van der Waals surface area contributed by atoms with E-state index in [2.05, 4.69) is 0 Å². The molecule has 2 atom stereocenters. The fourth-order valence-corrected chi connectivity index (χ4v) is 3.98. The van der Waals surface area contributed by atoms with Crippen molar-refractivity contribution >= 4 is 10.0 Å². The van der Waals surface area contributed by atoms with Crippen molar-refractivity contribution in [2.75, 3.05) is 6.54 Å². The molecular formula is C12H16F2N2O2S. The summed E-state index contributed by atoms with van der Waals surface area (Å²) in [5.74, 6) is -1.77. The van der Waals surface area contributed by atoms with Crippen LogP contribution in [-0.2, 0) is 10.0 Å². The minimum atomic E-state index is -4.10. The highest BCUT2D eigenvalue weighted by atomic mass is 32.2. The van der Waals surface area contributed by atoms with Gasteiger partial charge < -0.3 is 5.73 Å². The van der Waals surface area contributed by atoms with Gasteiger partial charge in [0.15, 0.2) is 0 Å². The summed E-state index contributed by atoms with van der Waals surface area (Å²) in [6, 6.07) is 2.38. The Morgan fingerprint density at radius 2 is 2.05 bits per heavy atom. The lowest BCUT2D eigenvalue weighted by Gasteiger charge is -2.36. The number of nitrogens with zero attached hydrogens (tertiary/aromatic N) is 1. The van der Waals surface area contributed by atoms with Gasteiger partial charge in [-0.2, -0.15) is 4.31 Å². The molecule has 1 fully saturated rings. The summed E-state index contributed by atoms with van der Waals surface area (Å²) in [5, 5.41) is 0. The second kappa shape index (κ2) is 5.15. The number of benzene rings is 1. The van der Waals surface area contributed by atoms with Crippen LogP contribution in [0.4, 0.5) is 8.78 Å². The fourth-order valence-electron chi connectivity index (χ4n) is 2.25. The molecule has 2 N–H and O–H groups in total. The summed E-state index contributed by atoms with van der Waals surface area (Å²) in [5.41, 5.74) is 5.86. The van der Waals surface area contributed by atoms with Gasteiger partial charge in [0.2, 0.25) is 10.0 Å². The first-order valence-electron chi connectivity index (χ1n) is 6.06. The predicted octanol–water partition coefficient (Wildman–Crippen LogP) is 1.67. The Labute approximate surface area is 111 Å². The molecule has 0 bridgehead atoms. The van der Waals surface area contributed by atoms with Gasteiger partial charge in [-0.3, -0.25) is 0 Å². The standard InChI is InChI=1S/C12H16F2N2O2S/c1-8-3-2-6-16(12(8)15)19(17,18)11-7-9(13)4-5-10(11)14/h4-5,7-8,12H,2-3,6,15H2,1H3. The molecule has 0 aromatic heterocycles. The van der Waals surface area contributed by atoms with Gasteiger partial charge in [0.1, 0.15) is 16.5 Å². The third kappa shape index (κ3) is 2.63. The number of hydrogen-bond donors (Lipinski definition) is 1. The Kier molecular flexibility index (Phi) is 3.89.